The van der Waals surface area contributed by atoms with Crippen molar-refractivity contribution in [2.75, 3.05) is 19.6 Å². The third-order valence-corrected chi connectivity index (χ3v) is 3.26. The van der Waals surface area contributed by atoms with E-state index in [4.69, 9.17) is 5.11 Å². The van der Waals surface area contributed by atoms with Crippen molar-refractivity contribution in [1.29, 1.82) is 0 Å². The largest absolute Gasteiger partial charge is 0.481 e. The molecule has 18 heavy (non-hydrogen) atoms. The van der Waals surface area contributed by atoms with Crippen LogP contribution in [-0.4, -0.2) is 36.6 Å². The molecule has 0 bridgehead atoms. The highest BCUT2D eigenvalue weighted by Gasteiger charge is 2.16. The number of hydrogen-bond acceptors (Lipinski definition) is 3. The predicted octanol–water partition coefficient (Wildman–Crippen LogP) is 1.14. The molecule has 1 rings (SSSR count). The summed E-state index contributed by atoms with van der Waals surface area (Å²) >= 11 is 0. The maximum Gasteiger partial charge on any atom is 0.303 e. The van der Waals surface area contributed by atoms with Gasteiger partial charge in [-0.15, -0.1) is 0 Å². The highest BCUT2D eigenvalue weighted by molar-refractivity contribution is 5.76. The van der Waals surface area contributed by atoms with E-state index in [1.54, 1.807) is 0 Å². The van der Waals surface area contributed by atoms with Gasteiger partial charge in [-0.3, -0.25) is 9.59 Å². The summed E-state index contributed by atoms with van der Waals surface area (Å²) in [6.45, 7) is 2.69. The zero-order valence-corrected chi connectivity index (χ0v) is 10.9. The van der Waals surface area contributed by atoms with Gasteiger partial charge in [0.05, 0.1) is 0 Å². The molecular formula is C13H24N2O3. The summed E-state index contributed by atoms with van der Waals surface area (Å²) in [6.07, 6.45) is 5.55. The van der Waals surface area contributed by atoms with Crippen LogP contribution in [-0.2, 0) is 9.59 Å². The van der Waals surface area contributed by atoms with Crippen molar-refractivity contribution in [3.63, 3.8) is 0 Å². The molecule has 5 heteroatoms. The van der Waals surface area contributed by atoms with Gasteiger partial charge in [-0.05, 0) is 44.7 Å². The van der Waals surface area contributed by atoms with Crippen molar-refractivity contribution < 1.29 is 14.7 Å². The molecule has 5 nitrogen and oxygen atoms in total. The zero-order chi connectivity index (χ0) is 13.2. The van der Waals surface area contributed by atoms with Crippen LogP contribution in [0.3, 0.4) is 0 Å². The number of carboxylic acids is 1. The number of rotatable bonds is 8. The van der Waals surface area contributed by atoms with E-state index in [9.17, 15) is 9.59 Å². The number of hydrogen-bond donors (Lipinski definition) is 3. The van der Waals surface area contributed by atoms with Crippen molar-refractivity contribution >= 4 is 11.9 Å². The van der Waals surface area contributed by atoms with Gasteiger partial charge >= 0.3 is 5.97 Å². The van der Waals surface area contributed by atoms with E-state index in [2.05, 4.69) is 10.6 Å². The second kappa shape index (κ2) is 8.91. The lowest BCUT2D eigenvalue weighted by molar-refractivity contribution is -0.137. The van der Waals surface area contributed by atoms with Gasteiger partial charge in [-0.25, -0.2) is 0 Å². The Hall–Kier alpha value is -1.10. The normalized spacial score (nSPS) is 19.4. The quantitative estimate of drug-likeness (QED) is 0.569. The lowest BCUT2D eigenvalue weighted by Crippen LogP contribution is -2.34. The molecule has 1 amide bonds. The summed E-state index contributed by atoms with van der Waals surface area (Å²) in [5.41, 5.74) is 0. The topological polar surface area (TPSA) is 78.4 Å². The number of aliphatic carboxylic acids is 1. The fourth-order valence-corrected chi connectivity index (χ4v) is 2.24. The smallest absolute Gasteiger partial charge is 0.303 e. The number of piperidine rings is 1. The summed E-state index contributed by atoms with van der Waals surface area (Å²) in [6, 6.07) is 0. The molecule has 1 heterocycles. The Morgan fingerprint density at radius 3 is 2.78 bits per heavy atom. The van der Waals surface area contributed by atoms with E-state index in [-0.39, 0.29) is 12.3 Å². The van der Waals surface area contributed by atoms with Crippen LogP contribution in [0.5, 0.6) is 0 Å². The summed E-state index contributed by atoms with van der Waals surface area (Å²) in [4.78, 5) is 21.9. The van der Waals surface area contributed by atoms with Crippen molar-refractivity contribution in [2.24, 2.45) is 5.92 Å². The first kappa shape index (κ1) is 15.0. The van der Waals surface area contributed by atoms with Crippen molar-refractivity contribution in [3.8, 4) is 0 Å². The van der Waals surface area contributed by atoms with Gasteiger partial charge in [0.15, 0.2) is 0 Å². The van der Waals surface area contributed by atoms with Crippen LogP contribution in [0.25, 0.3) is 0 Å². The Morgan fingerprint density at radius 2 is 2.11 bits per heavy atom. The Kier molecular flexibility index (Phi) is 7.41. The van der Waals surface area contributed by atoms with Gasteiger partial charge in [-0.2, -0.15) is 0 Å². The first-order chi connectivity index (χ1) is 8.68. The van der Waals surface area contributed by atoms with E-state index < -0.39 is 5.97 Å². The van der Waals surface area contributed by atoms with Crippen LogP contribution in [0.1, 0.15) is 44.9 Å². The van der Waals surface area contributed by atoms with Crippen LogP contribution >= 0.6 is 0 Å². The molecule has 104 valence electrons. The number of carbonyl (C=O) groups excluding carboxylic acids is 1. The van der Waals surface area contributed by atoms with E-state index in [1.807, 2.05) is 0 Å². The van der Waals surface area contributed by atoms with Crippen LogP contribution in [0.4, 0.5) is 0 Å². The van der Waals surface area contributed by atoms with Crippen LogP contribution in [0.2, 0.25) is 0 Å². The second-order valence-corrected chi connectivity index (χ2v) is 4.97. The van der Waals surface area contributed by atoms with E-state index in [0.29, 0.717) is 25.3 Å². The highest BCUT2D eigenvalue weighted by Crippen LogP contribution is 2.13. The molecule has 0 aliphatic carbocycles. The molecule has 1 fully saturated rings. The Bertz CT molecular complexity index is 263. The number of nitrogens with one attached hydrogen (secondary N) is 2. The SMILES string of the molecule is O=C(O)CCCCCNC(=O)CC1CCCNC1. The molecule has 0 spiro atoms. The van der Waals surface area contributed by atoms with E-state index in [0.717, 1.165) is 38.8 Å². The average molecular weight is 256 g/mol. The third kappa shape index (κ3) is 7.27. The summed E-state index contributed by atoms with van der Waals surface area (Å²) in [5, 5.41) is 14.7. The van der Waals surface area contributed by atoms with E-state index >= 15 is 0 Å². The second-order valence-electron chi connectivity index (χ2n) is 4.97. The summed E-state index contributed by atoms with van der Waals surface area (Å²) in [7, 11) is 0. The first-order valence-electron chi connectivity index (χ1n) is 6.87. The average Bonchev–Trinajstić information content (AvgIpc) is 2.34. The molecule has 1 saturated heterocycles. The minimum absolute atomic E-state index is 0.127. The lowest BCUT2D eigenvalue weighted by atomic mass is 9.96. The predicted molar refractivity (Wildman–Crippen MR) is 69.3 cm³/mol. The molecule has 0 radical (unpaired) electrons. The minimum Gasteiger partial charge on any atom is -0.481 e. The Labute approximate surface area is 108 Å². The van der Waals surface area contributed by atoms with Gasteiger partial charge in [-0.1, -0.05) is 6.42 Å². The maximum atomic E-state index is 11.6. The lowest BCUT2D eigenvalue weighted by Gasteiger charge is -2.22. The van der Waals surface area contributed by atoms with Gasteiger partial charge in [0.1, 0.15) is 0 Å². The number of carboxylic acid groups (broad SMARTS) is 1. The van der Waals surface area contributed by atoms with Crippen molar-refractivity contribution in [2.45, 2.75) is 44.9 Å². The maximum absolute atomic E-state index is 11.6. The Balaban J connectivity index is 1.94. The molecule has 0 aromatic carbocycles. The molecule has 3 N–H and O–H groups in total. The van der Waals surface area contributed by atoms with Gasteiger partial charge in [0.25, 0.3) is 0 Å². The fourth-order valence-electron chi connectivity index (χ4n) is 2.24. The molecule has 0 aromatic heterocycles. The molecule has 0 saturated carbocycles. The number of carbonyl (C=O) groups is 2. The minimum atomic E-state index is -0.746. The first-order valence-corrected chi connectivity index (χ1v) is 6.87. The van der Waals surface area contributed by atoms with Crippen LogP contribution in [0.15, 0.2) is 0 Å². The van der Waals surface area contributed by atoms with Crippen LogP contribution in [0, 0.1) is 5.92 Å². The fraction of sp³-hybridized carbons (Fsp3) is 0.846. The summed E-state index contributed by atoms with van der Waals surface area (Å²) in [5.74, 6) is -0.142. The molecule has 1 atom stereocenters. The zero-order valence-electron chi connectivity index (χ0n) is 10.9. The molecule has 0 aromatic rings. The molecule has 1 unspecified atom stereocenters. The van der Waals surface area contributed by atoms with Gasteiger partial charge in [0.2, 0.25) is 5.91 Å². The number of unbranched alkanes of at least 4 members (excludes halogenated alkanes) is 2. The summed E-state index contributed by atoms with van der Waals surface area (Å²) < 4.78 is 0. The van der Waals surface area contributed by atoms with E-state index in [1.165, 1.54) is 0 Å². The molecule has 1 aliphatic heterocycles. The molecular weight excluding hydrogens is 232 g/mol. The van der Waals surface area contributed by atoms with Crippen molar-refractivity contribution in [1.82, 2.24) is 10.6 Å². The highest BCUT2D eigenvalue weighted by atomic mass is 16.4. The molecule has 1 aliphatic rings. The standard InChI is InChI=1S/C13H24N2O3/c16-12(9-11-5-4-7-14-10-11)15-8-3-1-2-6-13(17)18/h11,14H,1-10H2,(H,15,16)(H,17,18). The Morgan fingerprint density at radius 1 is 1.28 bits per heavy atom. The van der Waals surface area contributed by atoms with Crippen molar-refractivity contribution in [3.05, 3.63) is 0 Å². The number of amides is 1. The van der Waals surface area contributed by atoms with Gasteiger partial charge < -0.3 is 15.7 Å². The van der Waals surface area contributed by atoms with Gasteiger partial charge in [0, 0.05) is 19.4 Å². The monoisotopic (exact) mass is 256 g/mol. The van der Waals surface area contributed by atoms with Crippen LogP contribution < -0.4 is 10.6 Å². The third-order valence-electron chi connectivity index (χ3n) is 3.26.